The van der Waals surface area contributed by atoms with Crippen molar-refractivity contribution in [3.05, 3.63) is 51.6 Å². The molecule has 11 heteroatoms. The predicted octanol–water partition coefficient (Wildman–Crippen LogP) is 4.38. The minimum atomic E-state index is -4.23. The molecule has 2 fully saturated rings. The van der Waals surface area contributed by atoms with E-state index < -0.39 is 18.4 Å². The molecule has 178 valence electrons. The third-order valence-electron chi connectivity index (χ3n) is 6.87. The van der Waals surface area contributed by atoms with Crippen molar-refractivity contribution in [1.82, 2.24) is 20.3 Å². The highest BCUT2D eigenvalue weighted by atomic mass is 32.1. The van der Waals surface area contributed by atoms with Gasteiger partial charge in [0.1, 0.15) is 17.0 Å². The molecular formula is C23H22F3N5O2S. The van der Waals surface area contributed by atoms with Crippen molar-refractivity contribution in [3.63, 3.8) is 0 Å². The van der Waals surface area contributed by atoms with E-state index in [2.05, 4.69) is 25.2 Å². The van der Waals surface area contributed by atoms with Gasteiger partial charge in [-0.1, -0.05) is 6.07 Å². The van der Waals surface area contributed by atoms with E-state index in [1.165, 1.54) is 6.33 Å². The Kier molecular flexibility index (Phi) is 4.96. The Labute approximate surface area is 196 Å². The lowest BCUT2D eigenvalue weighted by molar-refractivity contribution is -0.126. The molecule has 2 N–H and O–H groups in total. The Bertz CT molecular complexity index is 1420. The first-order valence-electron chi connectivity index (χ1n) is 11.2. The van der Waals surface area contributed by atoms with Crippen molar-refractivity contribution in [3.8, 4) is 0 Å². The average Bonchev–Trinajstić information content (AvgIpc) is 3.44. The number of nitrogens with one attached hydrogen (secondary N) is 2. The van der Waals surface area contributed by atoms with Crippen LogP contribution in [0.1, 0.15) is 29.7 Å². The van der Waals surface area contributed by atoms with Gasteiger partial charge in [0.25, 0.3) is 0 Å². The number of alkyl halides is 3. The minimum absolute atomic E-state index is 0.206. The summed E-state index contributed by atoms with van der Waals surface area (Å²) < 4.78 is 43.6. The lowest BCUT2D eigenvalue weighted by atomic mass is 9.78. The van der Waals surface area contributed by atoms with Crippen LogP contribution in [0.4, 0.5) is 19.0 Å². The van der Waals surface area contributed by atoms with Crippen molar-refractivity contribution in [2.24, 2.45) is 5.41 Å². The van der Waals surface area contributed by atoms with E-state index >= 15 is 0 Å². The van der Waals surface area contributed by atoms with E-state index in [4.69, 9.17) is 4.42 Å². The molecule has 1 atom stereocenters. The first-order chi connectivity index (χ1) is 16.3. The van der Waals surface area contributed by atoms with Gasteiger partial charge in [-0.25, -0.2) is 14.8 Å². The fraction of sp³-hybridized carbons (Fsp3) is 0.435. The lowest BCUT2D eigenvalue weighted by Crippen LogP contribution is -2.56. The van der Waals surface area contributed by atoms with Crippen molar-refractivity contribution < 1.29 is 17.6 Å². The van der Waals surface area contributed by atoms with Crippen LogP contribution in [0.15, 0.2) is 39.8 Å². The van der Waals surface area contributed by atoms with Crippen LogP contribution in [0, 0.1) is 5.41 Å². The van der Waals surface area contributed by atoms with Crippen LogP contribution in [0.2, 0.25) is 0 Å². The summed E-state index contributed by atoms with van der Waals surface area (Å²) in [5.74, 6) is 0.283. The number of aromatic nitrogens is 3. The third-order valence-corrected chi connectivity index (χ3v) is 7.91. The highest BCUT2D eigenvalue weighted by molar-refractivity contribution is 7.18. The van der Waals surface area contributed by atoms with E-state index in [0.29, 0.717) is 33.9 Å². The molecule has 1 saturated heterocycles. The van der Waals surface area contributed by atoms with Gasteiger partial charge >= 0.3 is 11.9 Å². The normalized spacial score (nSPS) is 20.0. The molecule has 4 heterocycles. The van der Waals surface area contributed by atoms with Crippen LogP contribution in [-0.2, 0) is 13.0 Å². The third kappa shape index (κ3) is 4.07. The van der Waals surface area contributed by atoms with E-state index in [0.717, 1.165) is 55.1 Å². The fourth-order valence-electron chi connectivity index (χ4n) is 5.37. The summed E-state index contributed by atoms with van der Waals surface area (Å²) in [6, 6.07) is 7.69. The summed E-state index contributed by atoms with van der Waals surface area (Å²) in [5.41, 5.74) is 2.52. The Morgan fingerprint density at radius 1 is 1.26 bits per heavy atom. The van der Waals surface area contributed by atoms with Gasteiger partial charge in [-0.2, -0.15) is 13.2 Å². The quantitative estimate of drug-likeness (QED) is 0.433. The summed E-state index contributed by atoms with van der Waals surface area (Å²) >= 11 is 1.09. The van der Waals surface area contributed by atoms with Crippen LogP contribution < -0.4 is 16.0 Å². The highest BCUT2D eigenvalue weighted by Crippen LogP contribution is 2.48. The number of nitrogens with zero attached hydrogens (tertiary/aromatic N) is 3. The molecule has 1 spiro atoms. The number of halogens is 3. The molecule has 1 aromatic carbocycles. The van der Waals surface area contributed by atoms with Gasteiger partial charge in [0.05, 0.1) is 17.3 Å². The van der Waals surface area contributed by atoms with Gasteiger partial charge in [0, 0.05) is 36.0 Å². The molecule has 0 unspecified atom stereocenters. The molecule has 2 aliphatic rings. The first kappa shape index (κ1) is 21.6. The zero-order valence-corrected chi connectivity index (χ0v) is 18.9. The maximum atomic E-state index is 12.8. The van der Waals surface area contributed by atoms with Gasteiger partial charge in [-0.05, 0) is 43.0 Å². The first-order valence-corrected chi connectivity index (χ1v) is 12.0. The maximum Gasteiger partial charge on any atom is 0.417 e. The number of benzene rings is 1. The monoisotopic (exact) mass is 489 g/mol. The van der Waals surface area contributed by atoms with Crippen LogP contribution in [0.5, 0.6) is 0 Å². The zero-order valence-electron chi connectivity index (χ0n) is 18.1. The van der Waals surface area contributed by atoms with E-state index in [-0.39, 0.29) is 10.3 Å². The Hall–Kier alpha value is -2.92. The predicted molar refractivity (Wildman–Crippen MR) is 123 cm³/mol. The molecule has 0 radical (unpaired) electrons. The number of H-pyrrole nitrogens is 1. The second-order valence-corrected chi connectivity index (χ2v) is 10.6. The number of rotatable bonds is 5. The van der Waals surface area contributed by atoms with Gasteiger partial charge in [-0.3, -0.25) is 4.98 Å². The standard InChI is InChI=1S/C23H22F3N5O2S/c24-23(25,26)8-15-6-16-19(28-12-29-20(16)34-15)31-10-22(11-31)4-3-14(7-22)27-9-13-1-2-17-18(5-13)33-21(32)30-17/h1-2,5-6,12,14,27H,3-4,7-11H2,(H,30,32)/t14-/m1/s1. The number of thiophene rings is 1. The number of hydrogen-bond acceptors (Lipinski definition) is 7. The minimum Gasteiger partial charge on any atom is -0.408 e. The zero-order chi connectivity index (χ0) is 23.5. The molecule has 7 nitrogen and oxygen atoms in total. The molecule has 1 aliphatic carbocycles. The second kappa shape index (κ2) is 7.81. The summed E-state index contributed by atoms with van der Waals surface area (Å²) in [6.07, 6.45) is -0.510. The SMILES string of the molecule is O=c1[nH]c2ccc(CN[C@@H]3CCC4(C3)CN(c3ncnc5sc(CC(F)(F)F)cc35)C4)cc2o1. The molecule has 4 aromatic rings. The number of oxazole rings is 1. The van der Waals surface area contributed by atoms with Gasteiger partial charge < -0.3 is 14.6 Å². The van der Waals surface area contributed by atoms with Crippen molar-refractivity contribution in [2.75, 3.05) is 18.0 Å². The summed E-state index contributed by atoms with van der Waals surface area (Å²) in [4.78, 5) is 25.6. The highest BCUT2D eigenvalue weighted by Gasteiger charge is 2.48. The number of fused-ring (bicyclic) bond motifs is 2. The fourth-order valence-corrected chi connectivity index (χ4v) is 6.39. The molecule has 6 rings (SSSR count). The summed E-state index contributed by atoms with van der Waals surface area (Å²) in [5, 5.41) is 4.33. The molecule has 0 bridgehead atoms. The molecule has 34 heavy (non-hydrogen) atoms. The summed E-state index contributed by atoms with van der Waals surface area (Å²) in [6.45, 7) is 2.39. The van der Waals surface area contributed by atoms with Crippen molar-refractivity contribution in [2.45, 2.75) is 44.4 Å². The second-order valence-electron chi connectivity index (χ2n) is 9.44. The van der Waals surface area contributed by atoms with Crippen LogP contribution in [-0.4, -0.2) is 40.3 Å². The largest absolute Gasteiger partial charge is 0.417 e. The topological polar surface area (TPSA) is 87.0 Å². The number of anilines is 1. The maximum absolute atomic E-state index is 12.8. The molecular weight excluding hydrogens is 467 g/mol. The Balaban J connectivity index is 1.09. The number of hydrogen-bond donors (Lipinski definition) is 2. The Morgan fingerprint density at radius 3 is 2.94 bits per heavy atom. The van der Waals surface area contributed by atoms with E-state index in [1.807, 2.05) is 18.2 Å². The molecule has 1 aliphatic heterocycles. The lowest BCUT2D eigenvalue weighted by Gasteiger charge is -2.49. The van der Waals surface area contributed by atoms with Crippen LogP contribution >= 0.6 is 11.3 Å². The van der Waals surface area contributed by atoms with Crippen LogP contribution in [0.3, 0.4) is 0 Å². The van der Waals surface area contributed by atoms with E-state index in [9.17, 15) is 18.0 Å². The molecule has 3 aromatic heterocycles. The Morgan fingerprint density at radius 2 is 2.12 bits per heavy atom. The van der Waals surface area contributed by atoms with Gasteiger partial charge in [0.2, 0.25) is 0 Å². The van der Waals surface area contributed by atoms with Crippen LogP contribution in [0.25, 0.3) is 21.3 Å². The number of aromatic amines is 1. The molecule has 1 saturated carbocycles. The van der Waals surface area contributed by atoms with Gasteiger partial charge in [0.15, 0.2) is 5.58 Å². The van der Waals surface area contributed by atoms with E-state index in [1.54, 1.807) is 6.07 Å². The summed E-state index contributed by atoms with van der Waals surface area (Å²) in [7, 11) is 0. The molecule has 0 amide bonds. The van der Waals surface area contributed by atoms with Gasteiger partial charge in [-0.15, -0.1) is 11.3 Å². The average molecular weight is 490 g/mol. The van der Waals surface area contributed by atoms with Crippen molar-refractivity contribution in [1.29, 1.82) is 0 Å². The smallest absolute Gasteiger partial charge is 0.408 e. The van der Waals surface area contributed by atoms with Crippen molar-refractivity contribution >= 4 is 38.5 Å².